The predicted molar refractivity (Wildman–Crippen MR) is 68.1 cm³/mol. The van der Waals surface area contributed by atoms with Crippen molar-refractivity contribution in [3.63, 3.8) is 0 Å². The van der Waals surface area contributed by atoms with Gasteiger partial charge in [-0.2, -0.15) is 5.26 Å². The number of nitriles is 1. The highest BCUT2D eigenvalue weighted by Gasteiger charge is 2.23. The van der Waals surface area contributed by atoms with Crippen molar-refractivity contribution in [1.29, 1.82) is 5.26 Å². The molecule has 1 saturated carbocycles. The van der Waals surface area contributed by atoms with Gasteiger partial charge in [-0.3, -0.25) is 4.79 Å². The van der Waals surface area contributed by atoms with Crippen LogP contribution in [0.4, 0.5) is 0 Å². The van der Waals surface area contributed by atoms with E-state index in [1.807, 2.05) is 13.8 Å². The summed E-state index contributed by atoms with van der Waals surface area (Å²) in [5.41, 5.74) is 0. The molecule has 1 atom stereocenters. The maximum atomic E-state index is 11.8. The molecule has 0 radical (unpaired) electrons. The second kappa shape index (κ2) is 6.64. The van der Waals surface area contributed by atoms with Crippen LogP contribution in [0.1, 0.15) is 46.5 Å². The van der Waals surface area contributed by atoms with Crippen molar-refractivity contribution in [2.24, 2.45) is 23.7 Å². The van der Waals surface area contributed by atoms with E-state index in [1.54, 1.807) is 0 Å². The van der Waals surface area contributed by atoms with Crippen LogP contribution >= 0.6 is 0 Å². The number of amides is 1. The lowest BCUT2D eigenvalue weighted by Gasteiger charge is -2.26. The van der Waals surface area contributed by atoms with Crippen LogP contribution in [-0.2, 0) is 4.79 Å². The van der Waals surface area contributed by atoms with Crippen molar-refractivity contribution >= 4 is 5.91 Å². The zero-order valence-electron chi connectivity index (χ0n) is 11.2. The van der Waals surface area contributed by atoms with Crippen molar-refractivity contribution in [3.05, 3.63) is 0 Å². The van der Waals surface area contributed by atoms with E-state index in [0.717, 1.165) is 12.5 Å². The number of nitrogens with one attached hydrogen (secondary N) is 1. The molecular weight excluding hydrogens is 212 g/mol. The molecule has 0 aromatic carbocycles. The molecule has 0 saturated heterocycles. The number of hydrogen-bond acceptors (Lipinski definition) is 2. The van der Waals surface area contributed by atoms with Crippen molar-refractivity contribution in [1.82, 2.24) is 5.32 Å². The largest absolute Gasteiger partial charge is 0.355 e. The molecule has 0 aromatic rings. The average molecular weight is 236 g/mol. The summed E-state index contributed by atoms with van der Waals surface area (Å²) >= 11 is 0. The summed E-state index contributed by atoms with van der Waals surface area (Å²) in [7, 11) is 0. The minimum atomic E-state index is -0.502. The van der Waals surface area contributed by atoms with Crippen molar-refractivity contribution in [2.75, 3.05) is 6.54 Å². The summed E-state index contributed by atoms with van der Waals surface area (Å²) in [6.45, 7) is 6.86. The third-order valence-corrected chi connectivity index (χ3v) is 3.79. The van der Waals surface area contributed by atoms with E-state index in [2.05, 4.69) is 18.3 Å². The van der Waals surface area contributed by atoms with Crippen LogP contribution in [-0.4, -0.2) is 12.5 Å². The minimum absolute atomic E-state index is 0.0892. The molecule has 0 heterocycles. The summed E-state index contributed by atoms with van der Waals surface area (Å²) in [4.78, 5) is 11.8. The van der Waals surface area contributed by atoms with Crippen molar-refractivity contribution < 1.29 is 4.79 Å². The lowest BCUT2D eigenvalue weighted by Crippen LogP contribution is -2.36. The fourth-order valence-corrected chi connectivity index (χ4v) is 2.40. The van der Waals surface area contributed by atoms with Crippen LogP contribution in [0.15, 0.2) is 0 Å². The van der Waals surface area contributed by atoms with E-state index in [-0.39, 0.29) is 11.8 Å². The van der Waals surface area contributed by atoms with Gasteiger partial charge < -0.3 is 5.32 Å². The fraction of sp³-hybridized carbons (Fsp3) is 0.857. The van der Waals surface area contributed by atoms with Gasteiger partial charge in [0.05, 0.1) is 6.07 Å². The highest BCUT2D eigenvalue weighted by molar-refractivity contribution is 5.81. The van der Waals surface area contributed by atoms with Gasteiger partial charge in [-0.15, -0.1) is 0 Å². The first kappa shape index (κ1) is 14.0. The molecule has 1 aliphatic rings. The molecule has 0 aliphatic heterocycles. The molecule has 96 valence electrons. The van der Waals surface area contributed by atoms with Crippen molar-refractivity contribution in [3.8, 4) is 6.07 Å². The molecule has 1 aliphatic carbocycles. The van der Waals surface area contributed by atoms with Crippen LogP contribution in [0.3, 0.4) is 0 Å². The maximum absolute atomic E-state index is 11.8. The first-order valence-electron chi connectivity index (χ1n) is 6.72. The van der Waals surface area contributed by atoms with E-state index in [0.29, 0.717) is 5.92 Å². The first-order valence-corrected chi connectivity index (χ1v) is 6.72. The molecule has 17 heavy (non-hydrogen) atoms. The Morgan fingerprint density at radius 1 is 1.35 bits per heavy atom. The number of rotatable bonds is 4. The Balaban J connectivity index is 2.31. The molecule has 1 unspecified atom stereocenters. The smallest absolute Gasteiger partial charge is 0.237 e. The van der Waals surface area contributed by atoms with E-state index in [4.69, 9.17) is 5.26 Å². The monoisotopic (exact) mass is 236 g/mol. The summed E-state index contributed by atoms with van der Waals surface area (Å²) in [5, 5.41) is 11.9. The highest BCUT2D eigenvalue weighted by Crippen LogP contribution is 2.27. The molecule has 1 amide bonds. The van der Waals surface area contributed by atoms with Crippen LogP contribution < -0.4 is 5.32 Å². The molecule has 3 heteroatoms. The second-order valence-electron chi connectivity index (χ2n) is 5.72. The normalized spacial score (nSPS) is 26.3. The van der Waals surface area contributed by atoms with Gasteiger partial charge in [-0.05, 0) is 30.6 Å². The lowest BCUT2D eigenvalue weighted by molar-refractivity contribution is -0.124. The van der Waals surface area contributed by atoms with E-state index < -0.39 is 5.92 Å². The van der Waals surface area contributed by atoms with Gasteiger partial charge in [0.25, 0.3) is 0 Å². The van der Waals surface area contributed by atoms with E-state index in [9.17, 15) is 4.79 Å². The van der Waals surface area contributed by atoms with Gasteiger partial charge in [0.15, 0.2) is 0 Å². The summed E-state index contributed by atoms with van der Waals surface area (Å²) < 4.78 is 0. The van der Waals surface area contributed by atoms with Crippen LogP contribution in [0.5, 0.6) is 0 Å². The molecule has 1 N–H and O–H groups in total. The Hall–Kier alpha value is -1.04. The number of hydrogen-bond donors (Lipinski definition) is 1. The number of nitrogens with zero attached hydrogens (tertiary/aromatic N) is 1. The summed E-state index contributed by atoms with van der Waals surface area (Å²) in [5.74, 6) is 0.941. The number of carbonyl (C=O) groups is 1. The van der Waals surface area contributed by atoms with Gasteiger partial charge in [-0.25, -0.2) is 0 Å². The Labute approximate surface area is 105 Å². The highest BCUT2D eigenvalue weighted by atomic mass is 16.1. The Kier molecular flexibility index (Phi) is 5.47. The van der Waals surface area contributed by atoms with Crippen LogP contribution in [0.2, 0.25) is 0 Å². The van der Waals surface area contributed by atoms with Gasteiger partial charge >= 0.3 is 0 Å². The maximum Gasteiger partial charge on any atom is 0.237 e. The quantitative estimate of drug-likeness (QED) is 0.816. The Morgan fingerprint density at radius 3 is 2.41 bits per heavy atom. The zero-order valence-corrected chi connectivity index (χ0v) is 11.2. The molecule has 1 fully saturated rings. The molecule has 1 rings (SSSR count). The first-order chi connectivity index (χ1) is 8.04. The van der Waals surface area contributed by atoms with E-state index in [1.165, 1.54) is 25.7 Å². The summed E-state index contributed by atoms with van der Waals surface area (Å²) in [6, 6.07) is 2.08. The topological polar surface area (TPSA) is 52.9 Å². The third kappa shape index (κ3) is 4.38. The van der Waals surface area contributed by atoms with Crippen LogP contribution in [0.25, 0.3) is 0 Å². The lowest BCUT2D eigenvalue weighted by atomic mass is 9.83. The fourth-order valence-electron chi connectivity index (χ4n) is 2.40. The third-order valence-electron chi connectivity index (χ3n) is 3.79. The van der Waals surface area contributed by atoms with Gasteiger partial charge in [0.2, 0.25) is 5.91 Å². The van der Waals surface area contributed by atoms with Gasteiger partial charge in [0.1, 0.15) is 5.92 Å². The Morgan fingerprint density at radius 2 is 1.94 bits per heavy atom. The standard InChI is InChI=1S/C14H24N2O/c1-10(2)13(8-15)14(17)16-9-12-6-4-11(3)5-7-12/h10-13H,4-7,9H2,1-3H3,(H,16,17). The molecular formula is C14H24N2O. The molecule has 0 bridgehead atoms. The predicted octanol–water partition coefficient (Wildman–Crippen LogP) is 2.72. The van der Waals surface area contributed by atoms with Crippen LogP contribution in [0, 0.1) is 35.0 Å². The number of carbonyl (C=O) groups excluding carboxylic acids is 1. The molecule has 0 spiro atoms. The van der Waals surface area contributed by atoms with Gasteiger partial charge in [0, 0.05) is 6.54 Å². The summed E-state index contributed by atoms with van der Waals surface area (Å²) in [6.07, 6.45) is 4.96. The van der Waals surface area contributed by atoms with Crippen molar-refractivity contribution in [2.45, 2.75) is 46.5 Å². The zero-order chi connectivity index (χ0) is 12.8. The minimum Gasteiger partial charge on any atom is -0.355 e. The average Bonchev–Trinajstić information content (AvgIpc) is 2.28. The molecule has 3 nitrogen and oxygen atoms in total. The molecule has 0 aromatic heterocycles. The second-order valence-corrected chi connectivity index (χ2v) is 5.72. The van der Waals surface area contributed by atoms with E-state index >= 15 is 0 Å². The van der Waals surface area contributed by atoms with Gasteiger partial charge in [-0.1, -0.05) is 33.6 Å². The SMILES string of the molecule is CC1CCC(CNC(=O)C(C#N)C(C)C)CC1. The Bertz CT molecular complexity index is 285.